The molecule has 2 rings (SSSR count). The SMILES string of the molecule is C#C/C=C(\C=C/CC)[S+](c1ccc(C)cc1)c1ccc(C(C)(C)C)cc1. The molecule has 0 heterocycles. The Morgan fingerprint density at radius 2 is 1.54 bits per heavy atom. The van der Waals surface area contributed by atoms with E-state index in [1.54, 1.807) is 0 Å². The number of benzene rings is 2. The molecule has 26 heavy (non-hydrogen) atoms. The zero-order valence-electron chi connectivity index (χ0n) is 16.5. The fourth-order valence-electron chi connectivity index (χ4n) is 2.66. The Morgan fingerprint density at radius 3 is 2.00 bits per heavy atom. The van der Waals surface area contributed by atoms with Crippen LogP contribution in [0, 0.1) is 19.3 Å². The van der Waals surface area contributed by atoms with Gasteiger partial charge in [0.15, 0.2) is 14.7 Å². The van der Waals surface area contributed by atoms with Crippen molar-refractivity contribution in [2.24, 2.45) is 0 Å². The van der Waals surface area contributed by atoms with Crippen LogP contribution >= 0.6 is 0 Å². The molecule has 0 aliphatic heterocycles. The van der Waals surface area contributed by atoms with Crippen LogP contribution in [0.2, 0.25) is 0 Å². The predicted molar refractivity (Wildman–Crippen MR) is 117 cm³/mol. The van der Waals surface area contributed by atoms with Crippen molar-refractivity contribution in [3.63, 3.8) is 0 Å². The van der Waals surface area contributed by atoms with Gasteiger partial charge in [-0.25, -0.2) is 0 Å². The fourth-order valence-corrected chi connectivity index (χ4v) is 4.72. The van der Waals surface area contributed by atoms with Crippen molar-refractivity contribution < 1.29 is 0 Å². The number of allylic oxidation sites excluding steroid dienone is 3. The summed E-state index contributed by atoms with van der Waals surface area (Å²) in [5, 5.41) is 0. The number of aryl methyl sites for hydroxylation is 1. The maximum Gasteiger partial charge on any atom is 0.174 e. The van der Waals surface area contributed by atoms with Crippen LogP contribution in [0.3, 0.4) is 0 Å². The summed E-state index contributed by atoms with van der Waals surface area (Å²) in [6.07, 6.45) is 12.9. The van der Waals surface area contributed by atoms with Crippen molar-refractivity contribution >= 4 is 10.9 Å². The van der Waals surface area contributed by atoms with Crippen LogP contribution in [0.4, 0.5) is 0 Å². The van der Waals surface area contributed by atoms with Gasteiger partial charge in [0.25, 0.3) is 0 Å². The molecule has 0 spiro atoms. The molecule has 0 aliphatic carbocycles. The van der Waals surface area contributed by atoms with Crippen LogP contribution in [0.1, 0.15) is 45.2 Å². The molecule has 0 saturated carbocycles. The number of hydrogen-bond acceptors (Lipinski definition) is 0. The molecule has 1 heteroatoms. The molecule has 0 radical (unpaired) electrons. The highest BCUT2D eigenvalue weighted by Crippen LogP contribution is 2.33. The molecule has 1 unspecified atom stereocenters. The third-order valence-electron chi connectivity index (χ3n) is 4.19. The number of hydrogen-bond donors (Lipinski definition) is 0. The van der Waals surface area contributed by atoms with Crippen molar-refractivity contribution in [3.8, 4) is 12.3 Å². The fraction of sp³-hybridized carbons (Fsp3) is 0.280. The molecular weight excluding hydrogens is 332 g/mol. The van der Waals surface area contributed by atoms with E-state index in [4.69, 9.17) is 6.42 Å². The summed E-state index contributed by atoms with van der Waals surface area (Å²) < 4.78 is 0. The van der Waals surface area contributed by atoms with E-state index in [9.17, 15) is 0 Å². The van der Waals surface area contributed by atoms with Crippen molar-refractivity contribution in [1.29, 1.82) is 0 Å². The highest BCUT2D eigenvalue weighted by Gasteiger charge is 2.30. The zero-order chi connectivity index (χ0) is 19.2. The average molecular weight is 362 g/mol. The first-order chi connectivity index (χ1) is 12.4. The average Bonchev–Trinajstić information content (AvgIpc) is 2.61. The summed E-state index contributed by atoms with van der Waals surface area (Å²) in [5.74, 6) is 2.74. The van der Waals surface area contributed by atoms with Crippen molar-refractivity contribution in [2.45, 2.75) is 56.2 Å². The van der Waals surface area contributed by atoms with Crippen molar-refractivity contribution in [1.82, 2.24) is 0 Å². The second-order valence-electron chi connectivity index (χ2n) is 7.42. The monoisotopic (exact) mass is 361 g/mol. The van der Waals surface area contributed by atoms with E-state index < -0.39 is 0 Å². The van der Waals surface area contributed by atoms with E-state index in [0.29, 0.717) is 0 Å². The Morgan fingerprint density at radius 1 is 1.00 bits per heavy atom. The van der Waals surface area contributed by atoms with Gasteiger partial charge in [0.2, 0.25) is 0 Å². The molecule has 0 amide bonds. The van der Waals surface area contributed by atoms with Crippen LogP contribution in [0.5, 0.6) is 0 Å². The maximum atomic E-state index is 5.64. The minimum atomic E-state index is -0.202. The van der Waals surface area contributed by atoms with E-state index in [0.717, 1.165) is 6.42 Å². The number of rotatable bonds is 5. The Labute approximate surface area is 162 Å². The van der Waals surface area contributed by atoms with Gasteiger partial charge in [-0.2, -0.15) is 0 Å². The molecule has 0 nitrogen and oxygen atoms in total. The van der Waals surface area contributed by atoms with Gasteiger partial charge >= 0.3 is 0 Å². The van der Waals surface area contributed by atoms with Gasteiger partial charge in [-0.05, 0) is 54.7 Å². The summed E-state index contributed by atoms with van der Waals surface area (Å²) in [6, 6.07) is 17.8. The quantitative estimate of drug-likeness (QED) is 0.312. The molecule has 134 valence electrons. The van der Waals surface area contributed by atoms with Crippen LogP contribution in [0.25, 0.3) is 0 Å². The van der Waals surface area contributed by atoms with Crippen LogP contribution in [0.15, 0.2) is 81.5 Å². The molecule has 0 N–H and O–H groups in total. The lowest BCUT2D eigenvalue weighted by Crippen LogP contribution is -2.12. The molecule has 1 atom stereocenters. The highest BCUT2D eigenvalue weighted by atomic mass is 32.2. The Bertz CT molecular complexity index is 806. The van der Waals surface area contributed by atoms with E-state index >= 15 is 0 Å². The van der Waals surface area contributed by atoms with Crippen LogP contribution < -0.4 is 0 Å². The molecule has 2 aromatic rings. The summed E-state index contributed by atoms with van der Waals surface area (Å²) in [5.41, 5.74) is 2.77. The first-order valence-corrected chi connectivity index (χ1v) is 10.3. The maximum absolute atomic E-state index is 5.64. The van der Waals surface area contributed by atoms with Gasteiger partial charge in [0, 0.05) is 6.08 Å². The van der Waals surface area contributed by atoms with Gasteiger partial charge in [0.1, 0.15) is 0 Å². The molecule has 0 aliphatic rings. The van der Waals surface area contributed by atoms with Crippen LogP contribution in [-0.4, -0.2) is 0 Å². The summed E-state index contributed by atoms with van der Waals surface area (Å²) in [7, 11) is -0.202. The first-order valence-electron chi connectivity index (χ1n) is 9.11. The lowest BCUT2D eigenvalue weighted by molar-refractivity contribution is 0.589. The van der Waals surface area contributed by atoms with Gasteiger partial charge < -0.3 is 0 Å². The minimum absolute atomic E-state index is 0.153. The minimum Gasteiger partial charge on any atom is -0.115 e. The lowest BCUT2D eigenvalue weighted by Gasteiger charge is -2.19. The van der Waals surface area contributed by atoms with Gasteiger partial charge in [0.05, 0.1) is 10.9 Å². The van der Waals surface area contributed by atoms with Gasteiger partial charge in [-0.3, -0.25) is 0 Å². The second-order valence-corrected chi connectivity index (χ2v) is 9.44. The predicted octanol–water partition coefficient (Wildman–Crippen LogP) is 6.81. The standard InChI is InChI=1S/C25H29S/c1-7-9-11-22(10-8-2)26(23-16-12-20(3)13-17-23)24-18-14-21(15-19-24)25(4,5)6/h2,9-19H,7H2,1,3-6H3/q+1/b11-9-,22-10+. The zero-order valence-corrected chi connectivity index (χ0v) is 17.4. The van der Waals surface area contributed by atoms with E-state index in [2.05, 4.69) is 101 Å². The summed E-state index contributed by atoms with van der Waals surface area (Å²) >= 11 is 0. The largest absolute Gasteiger partial charge is 0.174 e. The Hall–Kier alpha value is -2.17. The van der Waals surface area contributed by atoms with Gasteiger partial charge in [-0.15, -0.1) is 6.42 Å². The Kier molecular flexibility index (Phi) is 6.95. The molecule has 2 aromatic carbocycles. The molecule has 0 bridgehead atoms. The Balaban J connectivity index is 2.56. The van der Waals surface area contributed by atoms with Crippen molar-refractivity contribution in [2.75, 3.05) is 0 Å². The van der Waals surface area contributed by atoms with E-state index in [1.807, 2.05) is 6.08 Å². The molecule has 0 saturated heterocycles. The van der Waals surface area contributed by atoms with Gasteiger partial charge in [-0.1, -0.05) is 69.5 Å². The molecular formula is C25H29S+. The third kappa shape index (κ3) is 5.16. The third-order valence-corrected chi connectivity index (χ3v) is 6.40. The lowest BCUT2D eigenvalue weighted by atomic mass is 9.87. The van der Waals surface area contributed by atoms with Crippen molar-refractivity contribution in [3.05, 3.63) is 82.8 Å². The number of terminal acetylenes is 1. The first kappa shape index (κ1) is 20.1. The van der Waals surface area contributed by atoms with E-state index in [-0.39, 0.29) is 16.3 Å². The molecule has 0 fully saturated rings. The highest BCUT2D eigenvalue weighted by molar-refractivity contribution is 8.00. The normalized spacial score (nSPS) is 13.6. The smallest absolute Gasteiger partial charge is 0.115 e. The van der Waals surface area contributed by atoms with E-state index in [1.165, 1.54) is 25.8 Å². The molecule has 0 aromatic heterocycles. The van der Waals surface area contributed by atoms with Crippen LogP contribution in [-0.2, 0) is 16.3 Å². The summed E-state index contributed by atoms with van der Waals surface area (Å²) in [4.78, 5) is 3.77. The second kappa shape index (κ2) is 8.97. The summed E-state index contributed by atoms with van der Waals surface area (Å²) in [6.45, 7) is 11.0. The topological polar surface area (TPSA) is 0 Å².